The van der Waals surface area contributed by atoms with Crippen LogP contribution in [-0.2, 0) is 0 Å². The van der Waals surface area contributed by atoms with Gasteiger partial charge >= 0.3 is 0 Å². The van der Waals surface area contributed by atoms with E-state index >= 15 is 0 Å². The Morgan fingerprint density at radius 1 is 1.60 bits per heavy atom. The molecule has 0 unspecified atom stereocenters. The van der Waals surface area contributed by atoms with Crippen LogP contribution in [-0.4, -0.2) is 9.38 Å². The Balaban J connectivity index is 3.09. The van der Waals surface area contributed by atoms with E-state index in [9.17, 15) is 4.79 Å². The highest BCUT2D eigenvalue weighted by Gasteiger charge is 1.93. The summed E-state index contributed by atoms with van der Waals surface area (Å²) < 4.78 is 1.52. The molecule has 0 saturated heterocycles. The molecular formula is C6H4N2OS. The summed E-state index contributed by atoms with van der Waals surface area (Å²) in [5.74, 6) is 0. The van der Waals surface area contributed by atoms with E-state index in [0.29, 0.717) is 0 Å². The summed E-state index contributed by atoms with van der Waals surface area (Å²) >= 11 is 1.45. The minimum atomic E-state index is -0.0220. The summed E-state index contributed by atoms with van der Waals surface area (Å²) in [7, 11) is 0. The first-order valence-corrected chi connectivity index (χ1v) is 3.67. The molecule has 4 heteroatoms. The number of aromatic nitrogens is 2. The van der Waals surface area contributed by atoms with E-state index in [1.807, 2.05) is 0 Å². The molecule has 0 saturated carbocycles. The summed E-state index contributed by atoms with van der Waals surface area (Å²) in [4.78, 5) is 15.7. The zero-order valence-electron chi connectivity index (χ0n) is 5.02. The van der Waals surface area contributed by atoms with Gasteiger partial charge in [-0.2, -0.15) is 0 Å². The molecular weight excluding hydrogens is 148 g/mol. The molecule has 0 radical (unpaired) electrons. The van der Waals surface area contributed by atoms with Crippen LogP contribution in [0.5, 0.6) is 0 Å². The monoisotopic (exact) mass is 152 g/mol. The lowest BCUT2D eigenvalue weighted by atomic mass is 10.7. The van der Waals surface area contributed by atoms with Crippen LogP contribution in [0.3, 0.4) is 0 Å². The molecule has 0 fully saturated rings. The molecule has 2 rings (SSSR count). The molecule has 10 heavy (non-hydrogen) atoms. The normalized spacial score (nSPS) is 10.4. The minimum Gasteiger partial charge on any atom is -0.269 e. The van der Waals surface area contributed by atoms with Gasteiger partial charge in [0.2, 0.25) is 0 Å². The summed E-state index contributed by atoms with van der Waals surface area (Å²) in [5.41, 5.74) is -0.0220. The third-order valence-corrected chi connectivity index (χ3v) is 2.01. The minimum absolute atomic E-state index is 0.0220. The van der Waals surface area contributed by atoms with Gasteiger partial charge in [-0.25, -0.2) is 4.98 Å². The summed E-state index contributed by atoms with van der Waals surface area (Å²) in [6.07, 6.45) is 3.28. The molecule has 0 amide bonds. The van der Waals surface area contributed by atoms with Crippen molar-refractivity contribution < 1.29 is 0 Å². The lowest BCUT2D eigenvalue weighted by molar-refractivity contribution is 1.14. The number of rotatable bonds is 0. The van der Waals surface area contributed by atoms with Crippen molar-refractivity contribution in [2.75, 3.05) is 0 Å². The van der Waals surface area contributed by atoms with E-state index < -0.39 is 0 Å². The van der Waals surface area contributed by atoms with Crippen molar-refractivity contribution in [2.24, 2.45) is 0 Å². The maximum atomic E-state index is 11.0. The third-order valence-electron chi connectivity index (χ3n) is 1.23. The van der Waals surface area contributed by atoms with Gasteiger partial charge in [0.15, 0.2) is 4.96 Å². The maximum absolute atomic E-state index is 11.0. The number of nitrogens with zero attached hydrogens (tertiary/aromatic N) is 2. The van der Waals surface area contributed by atoms with E-state index in [2.05, 4.69) is 4.98 Å². The largest absolute Gasteiger partial charge is 0.269 e. The van der Waals surface area contributed by atoms with Gasteiger partial charge in [0.05, 0.1) is 0 Å². The zero-order chi connectivity index (χ0) is 6.97. The zero-order valence-corrected chi connectivity index (χ0v) is 5.84. The Morgan fingerprint density at radius 2 is 2.50 bits per heavy atom. The molecule has 0 bridgehead atoms. The average molecular weight is 152 g/mol. The molecule has 0 aromatic carbocycles. The van der Waals surface area contributed by atoms with E-state index in [1.165, 1.54) is 21.8 Å². The van der Waals surface area contributed by atoms with Gasteiger partial charge in [0.1, 0.15) is 0 Å². The van der Waals surface area contributed by atoms with Crippen LogP contribution < -0.4 is 5.56 Å². The molecule has 3 nitrogen and oxygen atoms in total. The molecule has 2 aromatic rings. The van der Waals surface area contributed by atoms with Crippen LogP contribution in [0.2, 0.25) is 0 Å². The first-order chi connectivity index (χ1) is 4.88. The SMILES string of the molecule is O=c1ccsc2nccn12. The van der Waals surface area contributed by atoms with Crippen molar-refractivity contribution in [3.8, 4) is 0 Å². The Hall–Kier alpha value is -1.16. The number of hydrogen-bond donors (Lipinski definition) is 0. The molecule has 0 atom stereocenters. The Bertz CT molecular complexity index is 403. The lowest BCUT2D eigenvalue weighted by Crippen LogP contribution is -2.07. The highest BCUT2D eigenvalue weighted by atomic mass is 32.1. The highest BCUT2D eigenvalue weighted by Crippen LogP contribution is 2.01. The van der Waals surface area contributed by atoms with Crippen molar-refractivity contribution in [1.82, 2.24) is 9.38 Å². The first kappa shape index (κ1) is 5.61. The predicted molar refractivity (Wildman–Crippen MR) is 39.3 cm³/mol. The third kappa shape index (κ3) is 0.657. The standard InChI is InChI=1S/C6H4N2OS/c9-5-1-4-10-6-7-2-3-8(5)6/h1-4H. The smallest absolute Gasteiger partial charge is 0.257 e. The second-order valence-electron chi connectivity index (χ2n) is 1.84. The van der Waals surface area contributed by atoms with Gasteiger partial charge in [0, 0.05) is 18.5 Å². The molecule has 2 heterocycles. The summed E-state index contributed by atoms with van der Waals surface area (Å²) in [5, 5.41) is 1.74. The fourth-order valence-electron chi connectivity index (χ4n) is 0.778. The van der Waals surface area contributed by atoms with Gasteiger partial charge < -0.3 is 0 Å². The van der Waals surface area contributed by atoms with E-state index in [4.69, 9.17) is 0 Å². The summed E-state index contributed by atoms with van der Waals surface area (Å²) in [6, 6.07) is 1.53. The van der Waals surface area contributed by atoms with Crippen molar-refractivity contribution in [1.29, 1.82) is 0 Å². The molecule has 0 aliphatic carbocycles. The fraction of sp³-hybridized carbons (Fsp3) is 0. The Kier molecular flexibility index (Phi) is 1.07. The highest BCUT2D eigenvalue weighted by molar-refractivity contribution is 7.14. The van der Waals surface area contributed by atoms with Crippen molar-refractivity contribution >= 4 is 16.3 Å². The Labute approximate surface area is 60.6 Å². The number of hydrogen-bond acceptors (Lipinski definition) is 3. The second kappa shape index (κ2) is 1.91. The predicted octanol–water partition coefficient (Wildman–Crippen LogP) is 0.756. The van der Waals surface area contributed by atoms with Gasteiger partial charge in [-0.1, -0.05) is 0 Å². The molecule has 50 valence electrons. The molecule has 2 aromatic heterocycles. The topological polar surface area (TPSA) is 34.4 Å². The molecule has 0 N–H and O–H groups in total. The quantitative estimate of drug-likeness (QED) is 0.558. The van der Waals surface area contributed by atoms with E-state index in [1.54, 1.807) is 17.8 Å². The Morgan fingerprint density at radius 3 is 3.30 bits per heavy atom. The van der Waals surface area contributed by atoms with Crippen LogP contribution in [0.4, 0.5) is 0 Å². The van der Waals surface area contributed by atoms with E-state index in [0.717, 1.165) is 4.96 Å². The average Bonchev–Trinajstić information content (AvgIpc) is 2.36. The van der Waals surface area contributed by atoms with Gasteiger partial charge in [-0.3, -0.25) is 9.20 Å². The fourth-order valence-corrected chi connectivity index (χ4v) is 1.47. The van der Waals surface area contributed by atoms with Crippen molar-refractivity contribution in [2.45, 2.75) is 0 Å². The number of imidazole rings is 1. The van der Waals surface area contributed by atoms with Crippen LogP contribution in [0.1, 0.15) is 0 Å². The van der Waals surface area contributed by atoms with Crippen LogP contribution in [0.25, 0.3) is 4.96 Å². The number of fused-ring (bicyclic) bond motifs is 1. The molecule has 0 aliphatic rings. The van der Waals surface area contributed by atoms with Gasteiger partial charge in [0.25, 0.3) is 5.56 Å². The molecule has 0 aliphatic heterocycles. The second-order valence-corrected chi connectivity index (χ2v) is 2.71. The van der Waals surface area contributed by atoms with Gasteiger partial charge in [-0.05, 0) is 5.38 Å². The summed E-state index contributed by atoms with van der Waals surface area (Å²) in [6.45, 7) is 0. The van der Waals surface area contributed by atoms with Crippen LogP contribution >= 0.6 is 11.3 Å². The van der Waals surface area contributed by atoms with Crippen molar-refractivity contribution in [3.63, 3.8) is 0 Å². The lowest BCUT2D eigenvalue weighted by Gasteiger charge is -1.84. The van der Waals surface area contributed by atoms with E-state index in [-0.39, 0.29) is 5.56 Å². The first-order valence-electron chi connectivity index (χ1n) is 2.79. The maximum Gasteiger partial charge on any atom is 0.257 e. The molecule has 0 spiro atoms. The van der Waals surface area contributed by atoms with Crippen molar-refractivity contribution in [3.05, 3.63) is 34.2 Å². The van der Waals surface area contributed by atoms with Crippen LogP contribution in [0, 0.1) is 0 Å². The van der Waals surface area contributed by atoms with Crippen LogP contribution in [0.15, 0.2) is 28.6 Å². The van der Waals surface area contributed by atoms with Gasteiger partial charge in [-0.15, -0.1) is 11.3 Å².